The Morgan fingerprint density at radius 3 is 1.91 bits per heavy atom. The third-order valence-electron chi connectivity index (χ3n) is 2.47. The first-order valence-electron chi connectivity index (χ1n) is 3.83. The van der Waals surface area contributed by atoms with E-state index in [-0.39, 0.29) is 24.6 Å². The Bertz CT molecular complexity index is 122. The molecule has 1 aliphatic carbocycles. The quantitative estimate of drug-likeness (QED) is 0.668. The number of halogens is 1. The van der Waals surface area contributed by atoms with Crippen LogP contribution in [0.15, 0.2) is 0 Å². The molecule has 0 bridgehead atoms. The summed E-state index contributed by atoms with van der Waals surface area (Å²) in [5.41, 5.74) is 0.481. The fourth-order valence-electron chi connectivity index (χ4n) is 2.15. The number of likely N-dealkylation sites (N-methyl/N-ethyl adjacent to an activating group) is 1. The predicted octanol–water partition coefficient (Wildman–Crippen LogP) is 1.18. The topological polar surface area (TPSA) is 32.3 Å². The van der Waals surface area contributed by atoms with Gasteiger partial charge in [0.1, 0.15) is 0 Å². The van der Waals surface area contributed by atoms with Crippen molar-refractivity contribution in [2.75, 3.05) is 13.7 Å². The summed E-state index contributed by atoms with van der Waals surface area (Å²) in [7, 11) is 1.92. The number of aliphatic hydroxyl groups excluding tert-OH is 1. The molecule has 2 N–H and O–H groups in total. The van der Waals surface area contributed by atoms with E-state index in [1.807, 2.05) is 7.05 Å². The molecule has 1 rings (SSSR count). The molecule has 1 aliphatic rings. The maximum absolute atomic E-state index is 9.01. The van der Waals surface area contributed by atoms with Gasteiger partial charge in [-0.05, 0) is 25.3 Å². The van der Waals surface area contributed by atoms with E-state index in [2.05, 4.69) is 19.2 Å². The van der Waals surface area contributed by atoms with Gasteiger partial charge in [0, 0.05) is 5.54 Å². The molecule has 0 aromatic rings. The molecule has 1 saturated carbocycles. The summed E-state index contributed by atoms with van der Waals surface area (Å²) in [6.45, 7) is 4.74. The minimum Gasteiger partial charge on any atom is -0.394 e. The Balaban J connectivity index is 0.000001000. The summed E-state index contributed by atoms with van der Waals surface area (Å²) in [5.74, 6) is 0. The molecular weight excluding hydrogens is 162 g/mol. The smallest absolute Gasteiger partial charge is 0.0613 e. The van der Waals surface area contributed by atoms with Crippen molar-refractivity contribution >= 4 is 12.4 Å². The van der Waals surface area contributed by atoms with E-state index in [0.29, 0.717) is 5.41 Å². The highest BCUT2D eigenvalue weighted by Crippen LogP contribution is 2.47. The molecule has 0 aromatic carbocycles. The Hall–Kier alpha value is 0.210. The van der Waals surface area contributed by atoms with Crippen LogP contribution in [0.2, 0.25) is 0 Å². The number of rotatable bonds is 2. The van der Waals surface area contributed by atoms with Crippen molar-refractivity contribution in [2.24, 2.45) is 5.41 Å². The second kappa shape index (κ2) is 3.30. The summed E-state index contributed by atoms with van der Waals surface area (Å²) >= 11 is 0. The molecular formula is C8H18ClNO. The molecule has 0 aromatic heterocycles. The zero-order chi connectivity index (χ0) is 7.83. The molecule has 68 valence electrons. The summed E-state index contributed by atoms with van der Waals surface area (Å²) in [6.07, 6.45) is 2.18. The number of hydrogen-bond donors (Lipinski definition) is 2. The molecule has 0 heterocycles. The van der Waals surface area contributed by atoms with Crippen LogP contribution >= 0.6 is 12.4 Å². The molecule has 0 aliphatic heterocycles. The summed E-state index contributed by atoms with van der Waals surface area (Å²) in [4.78, 5) is 0. The van der Waals surface area contributed by atoms with Gasteiger partial charge < -0.3 is 10.4 Å². The highest BCUT2D eigenvalue weighted by Gasteiger charge is 2.47. The van der Waals surface area contributed by atoms with Crippen LogP contribution in [0.3, 0.4) is 0 Å². The summed E-state index contributed by atoms with van der Waals surface area (Å²) in [6, 6.07) is 0. The number of nitrogens with one attached hydrogen (secondary N) is 1. The Labute approximate surface area is 74.8 Å². The fraction of sp³-hybridized carbons (Fsp3) is 1.00. The lowest BCUT2D eigenvalue weighted by molar-refractivity contribution is -0.00595. The number of hydrogen-bond acceptors (Lipinski definition) is 2. The second-order valence-corrected chi connectivity index (χ2v) is 4.21. The average Bonchev–Trinajstić information content (AvgIpc) is 1.82. The zero-order valence-electron chi connectivity index (χ0n) is 7.48. The molecule has 3 heteroatoms. The van der Waals surface area contributed by atoms with E-state index >= 15 is 0 Å². The molecule has 0 saturated heterocycles. The molecule has 0 unspecified atom stereocenters. The Kier molecular flexibility index (Phi) is 3.36. The van der Waals surface area contributed by atoms with Gasteiger partial charge in [-0.3, -0.25) is 0 Å². The van der Waals surface area contributed by atoms with Crippen LogP contribution in [0.5, 0.6) is 0 Å². The monoisotopic (exact) mass is 179 g/mol. The van der Waals surface area contributed by atoms with Crippen LogP contribution in [-0.2, 0) is 0 Å². The van der Waals surface area contributed by atoms with Gasteiger partial charge in [0.25, 0.3) is 0 Å². The van der Waals surface area contributed by atoms with Crippen molar-refractivity contribution in [1.29, 1.82) is 0 Å². The van der Waals surface area contributed by atoms with E-state index < -0.39 is 0 Å². The van der Waals surface area contributed by atoms with E-state index in [9.17, 15) is 0 Å². The van der Waals surface area contributed by atoms with E-state index in [4.69, 9.17) is 5.11 Å². The molecule has 0 atom stereocenters. The molecule has 2 nitrogen and oxygen atoms in total. The van der Waals surface area contributed by atoms with Gasteiger partial charge in [0.2, 0.25) is 0 Å². The largest absolute Gasteiger partial charge is 0.394 e. The van der Waals surface area contributed by atoms with Gasteiger partial charge in [-0.1, -0.05) is 13.8 Å². The van der Waals surface area contributed by atoms with Crippen LogP contribution in [0.4, 0.5) is 0 Å². The lowest BCUT2D eigenvalue weighted by Gasteiger charge is -2.52. The normalized spacial score (nSPS) is 25.1. The van der Waals surface area contributed by atoms with Crippen LogP contribution in [0.25, 0.3) is 0 Å². The van der Waals surface area contributed by atoms with E-state index in [1.165, 1.54) is 0 Å². The van der Waals surface area contributed by atoms with Crippen LogP contribution in [0.1, 0.15) is 26.7 Å². The second-order valence-electron chi connectivity index (χ2n) is 4.21. The lowest BCUT2D eigenvalue weighted by atomic mass is 9.60. The van der Waals surface area contributed by atoms with Gasteiger partial charge in [0.05, 0.1) is 6.61 Å². The standard InChI is InChI=1S/C8H17NO.ClH/c1-7(2)4-8(5-7,6-10)9-3;/h9-10H,4-6H2,1-3H3;1H. The third kappa shape index (κ3) is 2.08. The number of aliphatic hydroxyl groups is 1. The Morgan fingerprint density at radius 2 is 1.82 bits per heavy atom. The van der Waals surface area contributed by atoms with Crippen LogP contribution < -0.4 is 5.32 Å². The van der Waals surface area contributed by atoms with Gasteiger partial charge in [0.15, 0.2) is 0 Å². The maximum Gasteiger partial charge on any atom is 0.0613 e. The van der Waals surface area contributed by atoms with Crippen molar-refractivity contribution in [3.8, 4) is 0 Å². The highest BCUT2D eigenvalue weighted by molar-refractivity contribution is 5.85. The van der Waals surface area contributed by atoms with Crippen molar-refractivity contribution in [1.82, 2.24) is 5.32 Å². The van der Waals surface area contributed by atoms with Gasteiger partial charge in [-0.25, -0.2) is 0 Å². The first-order chi connectivity index (χ1) is 4.54. The molecule has 0 amide bonds. The minimum atomic E-state index is 0. The SMILES string of the molecule is CNC1(CO)CC(C)(C)C1.Cl. The molecule has 0 radical (unpaired) electrons. The van der Waals surface area contributed by atoms with Gasteiger partial charge in [-0.2, -0.15) is 0 Å². The van der Waals surface area contributed by atoms with Gasteiger partial charge >= 0.3 is 0 Å². The summed E-state index contributed by atoms with van der Waals surface area (Å²) in [5, 5.41) is 12.2. The first kappa shape index (κ1) is 11.2. The van der Waals surface area contributed by atoms with Crippen LogP contribution in [-0.4, -0.2) is 24.3 Å². The molecule has 11 heavy (non-hydrogen) atoms. The molecule has 1 fully saturated rings. The minimum absolute atomic E-state index is 0. The van der Waals surface area contributed by atoms with E-state index in [1.54, 1.807) is 0 Å². The first-order valence-corrected chi connectivity index (χ1v) is 3.83. The maximum atomic E-state index is 9.01. The third-order valence-corrected chi connectivity index (χ3v) is 2.47. The van der Waals surface area contributed by atoms with Gasteiger partial charge in [-0.15, -0.1) is 12.4 Å². The van der Waals surface area contributed by atoms with Crippen molar-refractivity contribution in [2.45, 2.75) is 32.2 Å². The Morgan fingerprint density at radius 1 is 1.36 bits per heavy atom. The van der Waals surface area contributed by atoms with Crippen molar-refractivity contribution in [3.63, 3.8) is 0 Å². The van der Waals surface area contributed by atoms with Crippen LogP contribution in [0, 0.1) is 5.41 Å². The predicted molar refractivity (Wildman–Crippen MR) is 49.1 cm³/mol. The molecule has 0 spiro atoms. The average molecular weight is 180 g/mol. The van der Waals surface area contributed by atoms with E-state index in [0.717, 1.165) is 12.8 Å². The van der Waals surface area contributed by atoms with Crippen molar-refractivity contribution < 1.29 is 5.11 Å². The zero-order valence-corrected chi connectivity index (χ0v) is 8.29. The lowest BCUT2D eigenvalue weighted by Crippen LogP contribution is -2.59. The summed E-state index contributed by atoms with van der Waals surface area (Å²) < 4.78 is 0. The fourth-order valence-corrected chi connectivity index (χ4v) is 2.15. The van der Waals surface area contributed by atoms with Crippen molar-refractivity contribution in [3.05, 3.63) is 0 Å². The highest BCUT2D eigenvalue weighted by atomic mass is 35.5.